The summed E-state index contributed by atoms with van der Waals surface area (Å²) in [5.41, 5.74) is 1.54. The van der Waals surface area contributed by atoms with Crippen LogP contribution in [-0.4, -0.2) is 29.0 Å². The lowest BCUT2D eigenvalue weighted by molar-refractivity contribution is 0.102. The van der Waals surface area contributed by atoms with Crippen molar-refractivity contribution in [2.45, 2.75) is 26.2 Å². The van der Waals surface area contributed by atoms with Crippen molar-refractivity contribution in [1.29, 1.82) is 0 Å². The number of piperidine rings is 1. The number of hydrogen-bond donors (Lipinski definition) is 1. The molecule has 1 amide bonds. The summed E-state index contributed by atoms with van der Waals surface area (Å²) in [7, 11) is 0. The van der Waals surface area contributed by atoms with Gasteiger partial charge >= 0.3 is 0 Å². The molecule has 7 heteroatoms. The van der Waals surface area contributed by atoms with Gasteiger partial charge in [-0.15, -0.1) is 0 Å². The third-order valence-corrected chi connectivity index (χ3v) is 4.73. The molecule has 0 aliphatic carbocycles. The Kier molecular flexibility index (Phi) is 5.21. The molecule has 0 saturated carbocycles. The van der Waals surface area contributed by atoms with Gasteiger partial charge in [0.25, 0.3) is 5.91 Å². The van der Waals surface area contributed by atoms with Crippen LogP contribution in [-0.2, 0) is 0 Å². The molecule has 1 fully saturated rings. The SMILES string of the molecule is Cc1cc(C(=O)Nc2cccc(Cl)c2Cl)nc(N2CCCCC2)n1. The third kappa shape index (κ3) is 3.79. The highest BCUT2D eigenvalue weighted by molar-refractivity contribution is 6.44. The lowest BCUT2D eigenvalue weighted by Crippen LogP contribution is -2.31. The van der Waals surface area contributed by atoms with Crippen LogP contribution in [0.2, 0.25) is 10.0 Å². The number of aromatic nitrogens is 2. The van der Waals surface area contributed by atoms with Crippen LogP contribution in [0.1, 0.15) is 35.4 Å². The summed E-state index contributed by atoms with van der Waals surface area (Å²) in [5, 5.41) is 3.47. The van der Waals surface area contributed by atoms with Gasteiger partial charge < -0.3 is 10.2 Å². The van der Waals surface area contributed by atoms with Gasteiger partial charge in [0.05, 0.1) is 15.7 Å². The fourth-order valence-corrected chi connectivity index (χ4v) is 3.04. The maximum atomic E-state index is 12.5. The van der Waals surface area contributed by atoms with Gasteiger partial charge in [0, 0.05) is 18.8 Å². The van der Waals surface area contributed by atoms with E-state index < -0.39 is 0 Å². The Morgan fingerprint density at radius 1 is 1.17 bits per heavy atom. The number of hydrogen-bond acceptors (Lipinski definition) is 4. The second kappa shape index (κ2) is 7.36. The quantitative estimate of drug-likeness (QED) is 0.879. The van der Waals surface area contributed by atoms with Crippen molar-refractivity contribution < 1.29 is 4.79 Å². The Morgan fingerprint density at radius 2 is 1.92 bits per heavy atom. The van der Waals surface area contributed by atoms with Crippen LogP contribution in [0.15, 0.2) is 24.3 Å². The van der Waals surface area contributed by atoms with Crippen molar-refractivity contribution in [3.8, 4) is 0 Å². The summed E-state index contributed by atoms with van der Waals surface area (Å²) in [5.74, 6) is 0.278. The molecule has 1 saturated heterocycles. The van der Waals surface area contributed by atoms with Crippen LogP contribution in [0.3, 0.4) is 0 Å². The number of benzene rings is 1. The van der Waals surface area contributed by atoms with Gasteiger partial charge in [0.2, 0.25) is 5.95 Å². The van der Waals surface area contributed by atoms with Gasteiger partial charge in [-0.1, -0.05) is 29.3 Å². The Hall–Kier alpha value is -1.85. The molecule has 1 aromatic carbocycles. The molecule has 0 unspecified atom stereocenters. The highest BCUT2D eigenvalue weighted by atomic mass is 35.5. The van der Waals surface area contributed by atoms with Crippen LogP contribution in [0.5, 0.6) is 0 Å². The summed E-state index contributed by atoms with van der Waals surface area (Å²) >= 11 is 12.1. The minimum Gasteiger partial charge on any atom is -0.341 e. The number of nitrogens with zero attached hydrogens (tertiary/aromatic N) is 3. The topological polar surface area (TPSA) is 58.1 Å². The third-order valence-electron chi connectivity index (χ3n) is 3.91. The van der Waals surface area contributed by atoms with Crippen molar-refractivity contribution in [1.82, 2.24) is 9.97 Å². The summed E-state index contributed by atoms with van der Waals surface area (Å²) in [6.45, 7) is 3.70. The molecule has 3 rings (SSSR count). The van der Waals surface area contributed by atoms with Crippen LogP contribution in [0.25, 0.3) is 0 Å². The van der Waals surface area contributed by atoms with Crippen LogP contribution in [0.4, 0.5) is 11.6 Å². The average molecular weight is 365 g/mol. The van der Waals surface area contributed by atoms with Gasteiger partial charge in [0.15, 0.2) is 0 Å². The van der Waals surface area contributed by atoms with E-state index in [-0.39, 0.29) is 5.91 Å². The lowest BCUT2D eigenvalue weighted by atomic mass is 10.1. The molecule has 1 aliphatic rings. The van der Waals surface area contributed by atoms with Gasteiger partial charge in [-0.25, -0.2) is 9.97 Å². The maximum absolute atomic E-state index is 12.5. The molecule has 0 atom stereocenters. The average Bonchev–Trinajstić information content (AvgIpc) is 2.59. The number of nitrogens with one attached hydrogen (secondary N) is 1. The number of aryl methyl sites for hydroxylation is 1. The van der Waals surface area contributed by atoms with Gasteiger partial charge in [-0.05, 0) is 44.4 Å². The minimum atomic E-state index is -0.331. The molecule has 5 nitrogen and oxygen atoms in total. The lowest BCUT2D eigenvalue weighted by Gasteiger charge is -2.27. The highest BCUT2D eigenvalue weighted by Crippen LogP contribution is 2.29. The molecular weight excluding hydrogens is 347 g/mol. The molecule has 0 bridgehead atoms. The summed E-state index contributed by atoms with van der Waals surface area (Å²) in [6.07, 6.45) is 3.47. The van der Waals surface area contributed by atoms with E-state index in [1.165, 1.54) is 6.42 Å². The number of anilines is 2. The monoisotopic (exact) mass is 364 g/mol. The molecule has 0 radical (unpaired) electrons. The molecule has 1 aliphatic heterocycles. The zero-order valence-corrected chi connectivity index (χ0v) is 14.9. The van der Waals surface area contributed by atoms with Gasteiger partial charge in [0.1, 0.15) is 5.69 Å². The van der Waals surface area contributed by atoms with Crippen LogP contribution in [0, 0.1) is 6.92 Å². The first kappa shape index (κ1) is 17.0. The van der Waals surface area contributed by atoms with Crippen molar-refractivity contribution in [2.75, 3.05) is 23.3 Å². The Balaban J connectivity index is 1.84. The zero-order chi connectivity index (χ0) is 17.1. The van der Waals surface area contributed by atoms with Gasteiger partial charge in [-0.3, -0.25) is 4.79 Å². The van der Waals surface area contributed by atoms with Crippen LogP contribution >= 0.6 is 23.2 Å². The van der Waals surface area contributed by atoms with E-state index in [4.69, 9.17) is 23.2 Å². The molecule has 1 aromatic heterocycles. The largest absolute Gasteiger partial charge is 0.341 e. The van der Waals surface area contributed by atoms with E-state index >= 15 is 0 Å². The Morgan fingerprint density at radius 3 is 2.67 bits per heavy atom. The highest BCUT2D eigenvalue weighted by Gasteiger charge is 2.18. The van der Waals surface area contributed by atoms with E-state index in [1.807, 2.05) is 6.92 Å². The molecule has 126 valence electrons. The minimum absolute atomic E-state index is 0.314. The zero-order valence-electron chi connectivity index (χ0n) is 13.4. The van der Waals surface area contributed by atoms with Crippen molar-refractivity contribution >= 4 is 40.7 Å². The Bertz CT molecular complexity index is 760. The molecular formula is C17H18Cl2N4O. The first-order valence-electron chi connectivity index (χ1n) is 7.90. The number of halogens is 2. The molecule has 24 heavy (non-hydrogen) atoms. The van der Waals surface area contributed by atoms with Crippen LogP contribution < -0.4 is 10.2 Å². The second-order valence-electron chi connectivity index (χ2n) is 5.80. The normalized spacial score (nSPS) is 14.5. The van der Waals surface area contributed by atoms with Gasteiger partial charge in [-0.2, -0.15) is 0 Å². The van der Waals surface area contributed by atoms with E-state index in [2.05, 4.69) is 20.2 Å². The number of amides is 1. The summed E-state index contributed by atoms with van der Waals surface area (Å²) < 4.78 is 0. The molecule has 1 N–H and O–H groups in total. The number of rotatable bonds is 3. The van der Waals surface area contributed by atoms with E-state index in [9.17, 15) is 4.79 Å². The van der Waals surface area contributed by atoms with E-state index in [1.54, 1.807) is 24.3 Å². The number of carbonyl (C=O) groups is 1. The first-order valence-corrected chi connectivity index (χ1v) is 8.66. The maximum Gasteiger partial charge on any atom is 0.274 e. The fourth-order valence-electron chi connectivity index (χ4n) is 2.69. The second-order valence-corrected chi connectivity index (χ2v) is 6.58. The fraction of sp³-hybridized carbons (Fsp3) is 0.353. The summed E-state index contributed by atoms with van der Waals surface area (Å²) in [6, 6.07) is 6.77. The van der Waals surface area contributed by atoms with Crippen molar-refractivity contribution in [3.05, 3.63) is 45.7 Å². The molecule has 2 heterocycles. The van der Waals surface area contributed by atoms with E-state index in [0.29, 0.717) is 27.4 Å². The Labute approximate surface area is 151 Å². The number of carbonyl (C=O) groups excluding carboxylic acids is 1. The van der Waals surface area contributed by atoms with Crippen molar-refractivity contribution in [2.24, 2.45) is 0 Å². The summed E-state index contributed by atoms with van der Waals surface area (Å²) in [4.78, 5) is 23.6. The molecule has 0 spiro atoms. The molecule has 2 aromatic rings. The van der Waals surface area contributed by atoms with Crippen molar-refractivity contribution in [3.63, 3.8) is 0 Å². The smallest absolute Gasteiger partial charge is 0.274 e. The van der Waals surface area contributed by atoms with E-state index in [0.717, 1.165) is 31.6 Å². The standard InChI is InChI=1S/C17H18Cl2N4O/c1-11-10-14(22-17(20-11)23-8-3-2-4-9-23)16(24)21-13-7-5-6-12(18)15(13)19/h5-7,10H,2-4,8-9H2,1H3,(H,21,24). The predicted molar refractivity (Wildman–Crippen MR) is 97.2 cm³/mol. The predicted octanol–water partition coefficient (Wildman–Crippen LogP) is 4.33. The first-order chi connectivity index (χ1) is 11.5.